The highest BCUT2D eigenvalue weighted by Crippen LogP contribution is 2.49. The molecule has 0 radical (unpaired) electrons. The Hall–Kier alpha value is -1.23. The van der Waals surface area contributed by atoms with Crippen LogP contribution in [-0.4, -0.2) is 11.1 Å². The van der Waals surface area contributed by atoms with Crippen molar-refractivity contribution in [2.24, 2.45) is 5.41 Å². The van der Waals surface area contributed by atoms with Gasteiger partial charge in [-0.3, -0.25) is 4.79 Å². The van der Waals surface area contributed by atoms with Crippen molar-refractivity contribution >= 4 is 17.6 Å². The van der Waals surface area contributed by atoms with Gasteiger partial charge in [-0.1, -0.05) is 11.6 Å². The van der Waals surface area contributed by atoms with E-state index in [9.17, 15) is 18.0 Å². The minimum atomic E-state index is -4.47. The Morgan fingerprint density at radius 1 is 1.33 bits per heavy atom. The Labute approximate surface area is 106 Å². The highest BCUT2D eigenvalue weighted by Gasteiger charge is 2.50. The summed E-state index contributed by atoms with van der Waals surface area (Å²) in [7, 11) is 0. The van der Waals surface area contributed by atoms with Crippen LogP contribution in [0, 0.1) is 5.41 Å². The van der Waals surface area contributed by atoms with Crippen molar-refractivity contribution in [3.05, 3.63) is 34.3 Å². The summed E-state index contributed by atoms with van der Waals surface area (Å²) < 4.78 is 37.7. The highest BCUT2D eigenvalue weighted by molar-refractivity contribution is 6.30. The summed E-state index contributed by atoms with van der Waals surface area (Å²) in [4.78, 5) is 11.0. The van der Waals surface area contributed by atoms with Crippen LogP contribution in [-0.2, 0) is 17.4 Å². The van der Waals surface area contributed by atoms with Gasteiger partial charge in [-0.05, 0) is 43.0 Å². The SMILES string of the molecule is O=C(O)C1(Cc2cc(Cl)cc(C(F)(F)F)c2)CC1. The van der Waals surface area contributed by atoms with Crippen LogP contribution >= 0.6 is 11.6 Å². The fourth-order valence-electron chi connectivity index (χ4n) is 1.92. The topological polar surface area (TPSA) is 37.3 Å². The van der Waals surface area contributed by atoms with Crippen LogP contribution in [0.1, 0.15) is 24.0 Å². The fraction of sp³-hybridized carbons (Fsp3) is 0.417. The van der Waals surface area contributed by atoms with Crippen molar-refractivity contribution < 1.29 is 23.1 Å². The normalized spacial score (nSPS) is 17.6. The number of alkyl halides is 3. The summed E-state index contributed by atoms with van der Waals surface area (Å²) in [5, 5.41) is 8.98. The summed E-state index contributed by atoms with van der Waals surface area (Å²) in [6.45, 7) is 0. The highest BCUT2D eigenvalue weighted by atomic mass is 35.5. The average molecular weight is 279 g/mol. The predicted octanol–water partition coefficient (Wildman–Crippen LogP) is 3.77. The minimum absolute atomic E-state index is 0.0268. The summed E-state index contributed by atoms with van der Waals surface area (Å²) >= 11 is 5.64. The number of hydrogen-bond acceptors (Lipinski definition) is 1. The van der Waals surface area contributed by atoms with E-state index in [1.807, 2.05) is 0 Å². The molecule has 0 atom stereocenters. The molecule has 1 aliphatic carbocycles. The van der Waals surface area contributed by atoms with Crippen molar-refractivity contribution in [2.45, 2.75) is 25.4 Å². The van der Waals surface area contributed by atoms with Crippen LogP contribution in [0.5, 0.6) is 0 Å². The number of hydrogen-bond donors (Lipinski definition) is 1. The van der Waals surface area contributed by atoms with Gasteiger partial charge in [0, 0.05) is 5.02 Å². The molecule has 1 aliphatic rings. The zero-order valence-corrected chi connectivity index (χ0v) is 9.98. The molecule has 1 N–H and O–H groups in total. The zero-order valence-electron chi connectivity index (χ0n) is 9.22. The third kappa shape index (κ3) is 2.61. The van der Waals surface area contributed by atoms with Gasteiger partial charge in [0.1, 0.15) is 0 Å². The van der Waals surface area contributed by atoms with Gasteiger partial charge >= 0.3 is 12.1 Å². The second kappa shape index (κ2) is 4.16. The molecule has 98 valence electrons. The Bertz CT molecular complexity index is 493. The predicted molar refractivity (Wildman–Crippen MR) is 59.5 cm³/mol. The second-order valence-electron chi connectivity index (χ2n) is 4.61. The van der Waals surface area contributed by atoms with Crippen molar-refractivity contribution in [3.63, 3.8) is 0 Å². The Morgan fingerprint density at radius 3 is 2.39 bits per heavy atom. The first kappa shape index (κ1) is 13.2. The van der Waals surface area contributed by atoms with E-state index in [4.69, 9.17) is 16.7 Å². The lowest BCUT2D eigenvalue weighted by Gasteiger charge is -2.13. The molecule has 6 heteroatoms. The average Bonchev–Trinajstić information content (AvgIpc) is 2.96. The van der Waals surface area contributed by atoms with E-state index in [0.29, 0.717) is 18.4 Å². The maximum absolute atomic E-state index is 12.6. The molecule has 0 saturated heterocycles. The largest absolute Gasteiger partial charge is 0.481 e. The van der Waals surface area contributed by atoms with Gasteiger partial charge in [-0.15, -0.1) is 0 Å². The van der Waals surface area contributed by atoms with Crippen molar-refractivity contribution in [3.8, 4) is 0 Å². The summed E-state index contributed by atoms with van der Waals surface area (Å²) in [5.74, 6) is -0.962. The summed E-state index contributed by atoms with van der Waals surface area (Å²) in [6, 6.07) is 3.19. The molecule has 1 aromatic rings. The first-order valence-corrected chi connectivity index (χ1v) is 5.71. The molecule has 0 aliphatic heterocycles. The molecule has 1 fully saturated rings. The minimum Gasteiger partial charge on any atom is -0.481 e. The second-order valence-corrected chi connectivity index (χ2v) is 5.04. The molecular weight excluding hydrogens is 269 g/mol. The van der Waals surface area contributed by atoms with E-state index < -0.39 is 23.1 Å². The van der Waals surface area contributed by atoms with Crippen LogP contribution in [0.4, 0.5) is 13.2 Å². The van der Waals surface area contributed by atoms with Gasteiger partial charge in [-0.2, -0.15) is 13.2 Å². The molecule has 0 heterocycles. The lowest BCUT2D eigenvalue weighted by atomic mass is 9.95. The number of carboxylic acids is 1. The molecule has 0 aromatic heterocycles. The van der Waals surface area contributed by atoms with Crippen LogP contribution in [0.2, 0.25) is 5.02 Å². The van der Waals surface area contributed by atoms with Crippen molar-refractivity contribution in [2.75, 3.05) is 0 Å². The molecule has 1 aromatic carbocycles. The van der Waals surface area contributed by atoms with Gasteiger partial charge in [0.25, 0.3) is 0 Å². The molecule has 0 unspecified atom stereocenters. The third-order valence-electron chi connectivity index (χ3n) is 3.13. The number of halogens is 4. The van der Waals surface area contributed by atoms with E-state index >= 15 is 0 Å². The number of aliphatic carboxylic acids is 1. The quantitative estimate of drug-likeness (QED) is 0.914. The maximum Gasteiger partial charge on any atom is 0.416 e. The van der Waals surface area contributed by atoms with Crippen LogP contribution < -0.4 is 0 Å². The molecular formula is C12H10ClF3O2. The van der Waals surface area contributed by atoms with E-state index in [2.05, 4.69) is 0 Å². The third-order valence-corrected chi connectivity index (χ3v) is 3.35. The molecule has 2 nitrogen and oxygen atoms in total. The lowest BCUT2D eigenvalue weighted by Crippen LogP contribution is -2.18. The zero-order chi connectivity index (χ0) is 13.6. The van der Waals surface area contributed by atoms with E-state index in [0.717, 1.165) is 12.1 Å². The number of carbonyl (C=O) groups is 1. The first-order chi connectivity index (χ1) is 8.23. The molecule has 0 bridgehead atoms. The first-order valence-electron chi connectivity index (χ1n) is 5.33. The molecule has 0 amide bonds. The van der Waals surface area contributed by atoms with E-state index in [1.165, 1.54) is 6.07 Å². The smallest absolute Gasteiger partial charge is 0.416 e. The van der Waals surface area contributed by atoms with Gasteiger partial charge in [0.05, 0.1) is 11.0 Å². The van der Waals surface area contributed by atoms with Crippen LogP contribution in [0.25, 0.3) is 0 Å². The molecule has 2 rings (SSSR count). The number of rotatable bonds is 3. The molecule has 1 saturated carbocycles. The standard InChI is InChI=1S/C12H10ClF3O2/c13-9-4-7(3-8(5-9)12(14,15)16)6-11(1-2-11)10(17)18/h3-5H,1-2,6H2,(H,17,18). The van der Waals surface area contributed by atoms with E-state index in [-0.39, 0.29) is 11.4 Å². The van der Waals surface area contributed by atoms with Gasteiger partial charge in [0.15, 0.2) is 0 Å². The fourth-order valence-corrected chi connectivity index (χ4v) is 2.18. The van der Waals surface area contributed by atoms with E-state index in [1.54, 1.807) is 0 Å². The van der Waals surface area contributed by atoms with Crippen LogP contribution in [0.15, 0.2) is 18.2 Å². The van der Waals surface area contributed by atoms with Gasteiger partial charge in [-0.25, -0.2) is 0 Å². The van der Waals surface area contributed by atoms with Gasteiger partial charge in [0.2, 0.25) is 0 Å². The number of benzene rings is 1. The molecule has 0 spiro atoms. The maximum atomic E-state index is 12.6. The Kier molecular flexibility index (Phi) is 3.05. The molecule has 18 heavy (non-hydrogen) atoms. The number of carboxylic acid groups (broad SMARTS) is 1. The monoisotopic (exact) mass is 278 g/mol. The lowest BCUT2D eigenvalue weighted by molar-refractivity contribution is -0.143. The van der Waals surface area contributed by atoms with Gasteiger partial charge < -0.3 is 5.11 Å². The van der Waals surface area contributed by atoms with Crippen LogP contribution in [0.3, 0.4) is 0 Å². The Morgan fingerprint density at radius 2 is 1.94 bits per heavy atom. The summed E-state index contributed by atoms with van der Waals surface area (Å²) in [6.07, 6.45) is -3.39. The van der Waals surface area contributed by atoms with Crippen molar-refractivity contribution in [1.29, 1.82) is 0 Å². The Balaban J connectivity index is 2.29. The summed E-state index contributed by atoms with van der Waals surface area (Å²) in [5.41, 5.74) is -1.42. The van der Waals surface area contributed by atoms with Crippen molar-refractivity contribution in [1.82, 2.24) is 0 Å².